The summed E-state index contributed by atoms with van der Waals surface area (Å²) in [5.74, 6) is -0.567. The minimum atomic E-state index is -1.39. The number of thioether (sulfide) groups is 1. The number of para-hydroxylation sites is 1. The molecule has 0 aliphatic heterocycles. The fraction of sp³-hybridized carbons (Fsp3) is 0.208. The number of ketones is 1. The number of rotatable bonds is 9. The van der Waals surface area contributed by atoms with E-state index in [0.29, 0.717) is 31.5 Å². The Balaban J connectivity index is 1.49. The number of likely N-dealkylation sites (N-methyl/N-ethyl adjacent to an activating group) is 1. The molecule has 2 heterocycles. The third-order valence-corrected chi connectivity index (χ3v) is 8.11. The number of fused-ring (bicyclic) bond motifs is 1. The van der Waals surface area contributed by atoms with E-state index in [4.69, 9.17) is 39.4 Å². The van der Waals surface area contributed by atoms with Gasteiger partial charge in [-0.15, -0.1) is 10.2 Å². The van der Waals surface area contributed by atoms with Gasteiger partial charge in [-0.3, -0.25) is 9.59 Å². The van der Waals surface area contributed by atoms with E-state index in [0.717, 1.165) is 39.7 Å². The highest BCUT2D eigenvalue weighted by atomic mass is 35.5. The number of benzene rings is 2. The topological polar surface area (TPSA) is 137 Å². The van der Waals surface area contributed by atoms with Gasteiger partial charge in [0.25, 0.3) is 5.91 Å². The summed E-state index contributed by atoms with van der Waals surface area (Å²) in [6.45, 7) is 1.94. The molecule has 37 heavy (non-hydrogen) atoms. The number of nitrogens with zero attached hydrogens (tertiary/aromatic N) is 4. The van der Waals surface area contributed by atoms with Gasteiger partial charge in [-0.1, -0.05) is 64.5 Å². The molecule has 2 aromatic carbocycles. The van der Waals surface area contributed by atoms with Crippen LogP contribution in [-0.4, -0.2) is 45.7 Å². The van der Waals surface area contributed by atoms with Crippen LogP contribution in [0.4, 0.5) is 10.8 Å². The Hall–Kier alpha value is -2.96. The van der Waals surface area contributed by atoms with Gasteiger partial charge in [-0.05, 0) is 31.2 Å². The molecule has 1 amide bonds. The molecule has 0 aliphatic carbocycles. The van der Waals surface area contributed by atoms with Gasteiger partial charge in [-0.25, -0.2) is 4.98 Å². The van der Waals surface area contributed by atoms with E-state index < -0.39 is 17.7 Å². The van der Waals surface area contributed by atoms with Crippen molar-refractivity contribution in [3.63, 3.8) is 0 Å². The first-order valence-electron chi connectivity index (χ1n) is 10.9. The molecule has 4 aromatic rings. The van der Waals surface area contributed by atoms with Crippen LogP contribution >= 0.6 is 46.3 Å². The van der Waals surface area contributed by atoms with E-state index in [1.807, 2.05) is 37.3 Å². The summed E-state index contributed by atoms with van der Waals surface area (Å²) in [7, 11) is 1.49. The van der Waals surface area contributed by atoms with Crippen LogP contribution in [0.5, 0.6) is 5.75 Å². The Morgan fingerprint density at radius 2 is 1.95 bits per heavy atom. The van der Waals surface area contributed by atoms with Crippen LogP contribution < -0.4 is 21.1 Å². The van der Waals surface area contributed by atoms with Gasteiger partial charge in [-0.2, -0.15) is 0 Å². The summed E-state index contributed by atoms with van der Waals surface area (Å²) in [6.07, 6.45) is 0. The van der Waals surface area contributed by atoms with Gasteiger partial charge in [0.15, 0.2) is 10.1 Å². The van der Waals surface area contributed by atoms with Crippen molar-refractivity contribution in [2.75, 3.05) is 23.4 Å². The smallest absolute Gasteiger partial charge is 0.251 e. The molecule has 0 unspecified atom stereocenters. The van der Waals surface area contributed by atoms with Gasteiger partial charge in [0.1, 0.15) is 23.9 Å². The number of halogens is 2. The van der Waals surface area contributed by atoms with Gasteiger partial charge in [0.2, 0.25) is 5.13 Å². The lowest BCUT2D eigenvalue weighted by molar-refractivity contribution is -0.127. The van der Waals surface area contributed by atoms with E-state index >= 15 is 0 Å². The Morgan fingerprint density at radius 3 is 2.68 bits per heavy atom. The lowest BCUT2D eigenvalue weighted by atomic mass is 10.1. The van der Waals surface area contributed by atoms with Crippen molar-refractivity contribution in [2.45, 2.75) is 23.9 Å². The molecule has 0 fully saturated rings. The molecular weight excluding hydrogens is 555 g/mol. The molecule has 0 aliphatic rings. The summed E-state index contributed by atoms with van der Waals surface area (Å²) in [6, 6.07) is 11.3. The zero-order valence-electron chi connectivity index (χ0n) is 19.8. The molecule has 4 N–H and O–H groups in total. The molecule has 192 valence electrons. The molecule has 13 heteroatoms. The predicted molar refractivity (Wildman–Crippen MR) is 149 cm³/mol. The maximum Gasteiger partial charge on any atom is 0.251 e. The third kappa shape index (κ3) is 6.13. The number of nitrogens with two attached hydrogens (primary N) is 2. The van der Waals surface area contributed by atoms with Crippen LogP contribution in [0.25, 0.3) is 10.9 Å². The zero-order chi connectivity index (χ0) is 26.7. The van der Waals surface area contributed by atoms with Crippen LogP contribution in [0, 0.1) is 6.92 Å². The van der Waals surface area contributed by atoms with Gasteiger partial charge >= 0.3 is 0 Å². The van der Waals surface area contributed by atoms with E-state index in [1.54, 1.807) is 12.1 Å². The van der Waals surface area contributed by atoms with Crippen molar-refractivity contribution in [2.24, 2.45) is 5.73 Å². The summed E-state index contributed by atoms with van der Waals surface area (Å²) < 4.78 is 6.56. The molecule has 0 bridgehead atoms. The van der Waals surface area contributed by atoms with Crippen molar-refractivity contribution in [1.29, 1.82) is 0 Å². The minimum absolute atomic E-state index is 0.0366. The summed E-state index contributed by atoms with van der Waals surface area (Å²) in [5, 5.41) is 9.33. The van der Waals surface area contributed by atoms with Crippen molar-refractivity contribution >= 4 is 79.7 Å². The first kappa shape index (κ1) is 27.1. The van der Waals surface area contributed by atoms with Crippen LogP contribution in [0.1, 0.15) is 11.3 Å². The molecule has 1 atom stereocenters. The second-order valence-electron chi connectivity index (χ2n) is 7.96. The number of pyridine rings is 1. The highest BCUT2D eigenvalue weighted by molar-refractivity contribution is 8.01. The number of ether oxygens (including phenoxy) is 1. The highest BCUT2D eigenvalue weighted by Crippen LogP contribution is 2.35. The van der Waals surface area contributed by atoms with Gasteiger partial charge < -0.3 is 21.1 Å². The number of Topliss-reactive ketones (excluding diaryl/α,β-unsaturated/α-hetero) is 1. The molecule has 0 radical (unpaired) electrons. The number of anilines is 2. The predicted octanol–water partition coefficient (Wildman–Crippen LogP) is 4.51. The lowest BCUT2D eigenvalue weighted by Crippen LogP contribution is -2.47. The standard InChI is InChI=1S/C24H22Cl2N6O3S2/c1-12-6-7-13-4-3-5-18(21(13)29-12)35-10-14-15(25)8-9-16(19(14)26)32(2)22(34)20(27)17(33)11-36-24-31-30-23(28)37-24/h3-9,20H,10-11,27H2,1-2H3,(H2,28,30)/t20-/m0/s1. The van der Waals surface area contributed by atoms with Crippen LogP contribution in [0.3, 0.4) is 0 Å². The fourth-order valence-corrected chi connectivity index (χ4v) is 5.59. The number of hydrogen-bond acceptors (Lipinski definition) is 10. The second kappa shape index (κ2) is 11.6. The van der Waals surface area contributed by atoms with Crippen molar-refractivity contribution in [3.05, 3.63) is 63.8 Å². The minimum Gasteiger partial charge on any atom is -0.487 e. The van der Waals surface area contributed by atoms with E-state index in [1.165, 1.54) is 11.9 Å². The Bertz CT molecular complexity index is 1480. The van der Waals surface area contributed by atoms with E-state index in [2.05, 4.69) is 15.2 Å². The molecule has 0 spiro atoms. The number of carbonyl (C=O) groups excluding carboxylic acids is 2. The molecule has 2 aromatic heterocycles. The number of aryl methyl sites for hydroxylation is 1. The summed E-state index contributed by atoms with van der Waals surface area (Å²) in [4.78, 5) is 31.4. The van der Waals surface area contributed by atoms with Crippen molar-refractivity contribution in [1.82, 2.24) is 15.2 Å². The summed E-state index contributed by atoms with van der Waals surface area (Å²) in [5.41, 5.74) is 13.9. The first-order valence-corrected chi connectivity index (χ1v) is 13.4. The second-order valence-corrected chi connectivity index (χ2v) is 11.0. The first-order chi connectivity index (χ1) is 17.7. The number of hydrogen-bond donors (Lipinski definition) is 2. The quantitative estimate of drug-likeness (QED) is 0.217. The van der Waals surface area contributed by atoms with Crippen LogP contribution in [-0.2, 0) is 16.2 Å². The fourth-order valence-electron chi connectivity index (χ4n) is 3.43. The van der Waals surface area contributed by atoms with Crippen LogP contribution in [0.2, 0.25) is 10.0 Å². The number of carbonyl (C=O) groups is 2. The maximum absolute atomic E-state index is 13.0. The average molecular weight is 578 g/mol. The molecular formula is C24H22Cl2N6O3S2. The monoisotopic (exact) mass is 576 g/mol. The maximum atomic E-state index is 13.0. The zero-order valence-corrected chi connectivity index (χ0v) is 22.9. The number of aromatic nitrogens is 3. The molecule has 4 rings (SSSR count). The SMILES string of the molecule is Cc1ccc2cccc(OCc3c(Cl)ccc(N(C)C(=O)[C@@H](N)C(=O)CSc4nnc(N)s4)c3Cl)c2n1. The Labute approximate surface area is 231 Å². The third-order valence-electron chi connectivity index (χ3n) is 5.42. The molecule has 9 nitrogen and oxygen atoms in total. The molecule has 0 saturated carbocycles. The van der Waals surface area contributed by atoms with E-state index in [9.17, 15) is 9.59 Å². The van der Waals surface area contributed by atoms with Crippen molar-refractivity contribution < 1.29 is 14.3 Å². The largest absolute Gasteiger partial charge is 0.487 e. The van der Waals surface area contributed by atoms with Crippen LogP contribution in [0.15, 0.2) is 46.8 Å². The summed E-state index contributed by atoms with van der Waals surface area (Å²) >= 11 is 15.3. The normalized spacial score (nSPS) is 11.9. The Morgan fingerprint density at radius 1 is 1.16 bits per heavy atom. The van der Waals surface area contributed by atoms with Gasteiger partial charge in [0.05, 0.1) is 16.5 Å². The van der Waals surface area contributed by atoms with Crippen molar-refractivity contribution in [3.8, 4) is 5.75 Å². The Kier molecular flexibility index (Phi) is 8.50. The number of amides is 1. The lowest BCUT2D eigenvalue weighted by Gasteiger charge is -2.23. The molecule has 0 saturated heterocycles. The van der Waals surface area contributed by atoms with Gasteiger partial charge in [0, 0.05) is 28.7 Å². The average Bonchev–Trinajstić information content (AvgIpc) is 3.31. The van der Waals surface area contributed by atoms with E-state index in [-0.39, 0.29) is 17.4 Å². The highest BCUT2D eigenvalue weighted by Gasteiger charge is 2.28. The number of nitrogen functional groups attached to an aromatic ring is 1.